The Morgan fingerprint density at radius 1 is 1.07 bits per heavy atom. The van der Waals surface area contributed by atoms with Crippen molar-refractivity contribution in [3.05, 3.63) is 59.1 Å². The normalized spacial score (nSPS) is 12.0. The van der Waals surface area contributed by atoms with E-state index in [0.717, 1.165) is 6.07 Å². The summed E-state index contributed by atoms with van der Waals surface area (Å²) in [5.41, 5.74) is 0.230. The first-order valence-corrected chi connectivity index (χ1v) is 10.1. The first-order valence-electron chi connectivity index (χ1n) is 8.25. The molecule has 0 saturated heterocycles. The Balaban J connectivity index is 2.03. The van der Waals surface area contributed by atoms with Gasteiger partial charge in [0.05, 0.1) is 15.5 Å². The number of hydrogen-bond acceptors (Lipinski definition) is 6. The molecule has 0 heterocycles. The molecule has 9 nitrogen and oxygen atoms in total. The van der Waals surface area contributed by atoms with Crippen LogP contribution in [0.25, 0.3) is 0 Å². The van der Waals surface area contributed by atoms with Crippen molar-refractivity contribution in [2.45, 2.75) is 17.9 Å². The predicted octanol–water partition coefficient (Wildman–Crippen LogP) is 2.14. The van der Waals surface area contributed by atoms with Crippen LogP contribution in [0.4, 0.5) is 10.5 Å². The first-order chi connectivity index (χ1) is 13.6. The second-order valence-electron chi connectivity index (χ2n) is 5.71. The summed E-state index contributed by atoms with van der Waals surface area (Å²) in [7, 11) is -2.59. The second-order valence-corrected chi connectivity index (χ2v) is 8.00. The maximum absolute atomic E-state index is 12.3. The molecular weight excluding hydrogens is 422 g/mol. The lowest BCUT2D eigenvalue weighted by Gasteiger charge is -2.14. The Morgan fingerprint density at radius 2 is 1.72 bits per heavy atom. The quantitative estimate of drug-likeness (QED) is 0.591. The summed E-state index contributed by atoms with van der Waals surface area (Å²) in [6.45, 7) is 1.26. The van der Waals surface area contributed by atoms with Gasteiger partial charge in [-0.3, -0.25) is 10.1 Å². The minimum atomic E-state index is -3.81. The van der Waals surface area contributed by atoms with Gasteiger partial charge < -0.3 is 10.1 Å². The fourth-order valence-corrected chi connectivity index (χ4v) is 3.07. The lowest BCUT2D eigenvalue weighted by atomic mass is 10.2. The van der Waals surface area contributed by atoms with E-state index in [9.17, 15) is 22.8 Å². The Hall–Kier alpha value is -2.95. The fourth-order valence-electron chi connectivity index (χ4n) is 2.12. The van der Waals surface area contributed by atoms with Crippen LogP contribution in [0.15, 0.2) is 53.4 Å². The summed E-state index contributed by atoms with van der Waals surface area (Å²) in [6.07, 6.45) is -1.34. The molecule has 0 saturated carbocycles. The van der Waals surface area contributed by atoms with Gasteiger partial charge in [-0.1, -0.05) is 29.8 Å². The molecule has 2 rings (SSSR count). The third kappa shape index (κ3) is 6.01. The average Bonchev–Trinajstić information content (AvgIpc) is 2.68. The largest absolute Gasteiger partial charge is 0.449 e. The van der Waals surface area contributed by atoms with Gasteiger partial charge in [-0.15, -0.1) is 0 Å². The number of esters is 1. The molecule has 0 aliphatic heterocycles. The first kappa shape index (κ1) is 22.3. The van der Waals surface area contributed by atoms with Crippen molar-refractivity contribution >= 4 is 45.2 Å². The van der Waals surface area contributed by atoms with E-state index < -0.39 is 34.0 Å². The summed E-state index contributed by atoms with van der Waals surface area (Å²) in [5, 5.41) is 4.43. The molecule has 2 aromatic carbocycles. The molecule has 0 radical (unpaired) electrons. The highest BCUT2D eigenvalue weighted by Crippen LogP contribution is 2.21. The topological polar surface area (TPSA) is 131 Å². The molecule has 0 aliphatic carbocycles. The van der Waals surface area contributed by atoms with Crippen LogP contribution in [0.5, 0.6) is 0 Å². The number of imide groups is 1. The summed E-state index contributed by atoms with van der Waals surface area (Å²) < 4.78 is 30.9. The number of sulfonamides is 1. The van der Waals surface area contributed by atoms with Gasteiger partial charge in [-0.25, -0.2) is 22.7 Å². The Bertz CT molecular complexity index is 1030. The van der Waals surface area contributed by atoms with Crippen molar-refractivity contribution in [2.24, 2.45) is 0 Å². The number of nitrogens with one attached hydrogen (secondary N) is 3. The van der Waals surface area contributed by atoms with Crippen LogP contribution in [-0.2, 0) is 19.6 Å². The summed E-state index contributed by atoms with van der Waals surface area (Å²) in [5.74, 6) is -1.89. The number of benzene rings is 2. The standard InChI is InChI=1S/C18H18ClN3O6S/c1-11(16(23)22-18(25)21-12-6-4-3-5-7-12)28-17(24)14-10-13(8-9-15(14)19)29(26,27)20-2/h3-11,20H,1-2H3,(H2,21,22,23,25)/t11-/m0/s1. The van der Waals surface area contributed by atoms with Crippen molar-refractivity contribution in [2.75, 3.05) is 12.4 Å². The van der Waals surface area contributed by atoms with Gasteiger partial charge >= 0.3 is 12.0 Å². The summed E-state index contributed by atoms with van der Waals surface area (Å²) in [6, 6.07) is 11.1. The average molecular weight is 440 g/mol. The van der Waals surface area contributed by atoms with E-state index in [1.165, 1.54) is 26.1 Å². The molecule has 0 spiro atoms. The lowest BCUT2D eigenvalue weighted by Crippen LogP contribution is -2.41. The SMILES string of the molecule is CNS(=O)(=O)c1ccc(Cl)c(C(=O)O[C@@H](C)C(=O)NC(=O)Nc2ccccc2)c1. The van der Waals surface area contributed by atoms with Gasteiger partial charge in [0.1, 0.15) is 0 Å². The molecule has 11 heteroatoms. The van der Waals surface area contributed by atoms with Crippen molar-refractivity contribution < 1.29 is 27.5 Å². The Labute approximate surface area is 172 Å². The van der Waals surface area contributed by atoms with Gasteiger partial charge in [0.15, 0.2) is 6.10 Å². The molecule has 0 bridgehead atoms. The third-order valence-electron chi connectivity index (χ3n) is 3.66. The highest BCUT2D eigenvalue weighted by molar-refractivity contribution is 7.89. The number of urea groups is 1. The van der Waals surface area contributed by atoms with Crippen LogP contribution in [0.1, 0.15) is 17.3 Å². The van der Waals surface area contributed by atoms with Crippen molar-refractivity contribution in [1.29, 1.82) is 0 Å². The smallest absolute Gasteiger partial charge is 0.340 e. The monoisotopic (exact) mass is 439 g/mol. The third-order valence-corrected chi connectivity index (χ3v) is 5.40. The molecule has 0 aliphatic rings. The van der Waals surface area contributed by atoms with E-state index in [4.69, 9.17) is 16.3 Å². The Morgan fingerprint density at radius 3 is 2.34 bits per heavy atom. The number of halogens is 1. The number of para-hydroxylation sites is 1. The second kappa shape index (κ2) is 9.50. The van der Waals surface area contributed by atoms with Gasteiger partial charge in [-0.2, -0.15) is 0 Å². The molecule has 29 heavy (non-hydrogen) atoms. The summed E-state index contributed by atoms with van der Waals surface area (Å²) in [4.78, 5) is 36.1. The zero-order valence-electron chi connectivity index (χ0n) is 15.4. The number of hydrogen-bond donors (Lipinski definition) is 3. The van der Waals surface area contributed by atoms with Crippen molar-refractivity contribution in [3.8, 4) is 0 Å². The molecule has 154 valence electrons. The minimum absolute atomic E-state index is 0.0560. The van der Waals surface area contributed by atoms with E-state index in [-0.39, 0.29) is 15.5 Å². The molecule has 0 aromatic heterocycles. The highest BCUT2D eigenvalue weighted by Gasteiger charge is 2.24. The molecule has 0 fully saturated rings. The van der Waals surface area contributed by atoms with Crippen LogP contribution in [0.3, 0.4) is 0 Å². The van der Waals surface area contributed by atoms with Crippen LogP contribution >= 0.6 is 11.6 Å². The predicted molar refractivity (Wildman–Crippen MR) is 106 cm³/mol. The maximum Gasteiger partial charge on any atom is 0.340 e. The zero-order valence-corrected chi connectivity index (χ0v) is 17.0. The fraction of sp³-hybridized carbons (Fsp3) is 0.167. The molecule has 1 atom stereocenters. The van der Waals surface area contributed by atoms with Crippen LogP contribution in [-0.4, -0.2) is 39.5 Å². The zero-order chi connectivity index (χ0) is 21.6. The van der Waals surface area contributed by atoms with E-state index in [0.29, 0.717) is 5.69 Å². The highest BCUT2D eigenvalue weighted by atomic mass is 35.5. The molecule has 3 N–H and O–H groups in total. The van der Waals surface area contributed by atoms with E-state index in [1.54, 1.807) is 30.3 Å². The van der Waals surface area contributed by atoms with E-state index >= 15 is 0 Å². The van der Waals surface area contributed by atoms with Gasteiger partial charge in [-0.05, 0) is 44.3 Å². The van der Waals surface area contributed by atoms with Crippen molar-refractivity contribution in [1.82, 2.24) is 10.0 Å². The van der Waals surface area contributed by atoms with Gasteiger partial charge in [0, 0.05) is 5.69 Å². The number of ether oxygens (including phenoxy) is 1. The van der Waals surface area contributed by atoms with Crippen LogP contribution < -0.4 is 15.4 Å². The summed E-state index contributed by atoms with van der Waals surface area (Å²) >= 11 is 5.94. The molecule has 2 aromatic rings. The lowest BCUT2D eigenvalue weighted by molar-refractivity contribution is -0.127. The van der Waals surface area contributed by atoms with Gasteiger partial charge in [0.2, 0.25) is 10.0 Å². The number of amides is 3. The van der Waals surface area contributed by atoms with Crippen LogP contribution in [0.2, 0.25) is 5.02 Å². The number of carbonyl (C=O) groups is 3. The molecule has 3 amide bonds. The van der Waals surface area contributed by atoms with Crippen LogP contribution in [0, 0.1) is 0 Å². The van der Waals surface area contributed by atoms with E-state index in [1.807, 2.05) is 5.32 Å². The van der Waals surface area contributed by atoms with Crippen molar-refractivity contribution in [3.63, 3.8) is 0 Å². The number of carbonyl (C=O) groups excluding carboxylic acids is 3. The molecular formula is C18H18ClN3O6S. The number of anilines is 1. The van der Waals surface area contributed by atoms with E-state index in [2.05, 4.69) is 10.0 Å². The minimum Gasteiger partial charge on any atom is -0.449 e. The maximum atomic E-state index is 12.3. The Kier molecular flexibility index (Phi) is 7.32. The van der Waals surface area contributed by atoms with Gasteiger partial charge in [0.25, 0.3) is 5.91 Å². The molecule has 0 unspecified atom stereocenters. The number of rotatable bonds is 6.